The summed E-state index contributed by atoms with van der Waals surface area (Å²) in [6.07, 6.45) is 0. The van der Waals surface area contributed by atoms with Gasteiger partial charge >= 0.3 is 0 Å². The summed E-state index contributed by atoms with van der Waals surface area (Å²) in [5, 5.41) is 5.99. The maximum atomic E-state index is 11.7. The second kappa shape index (κ2) is 6.76. The van der Waals surface area contributed by atoms with E-state index in [1.54, 1.807) is 24.3 Å². The van der Waals surface area contributed by atoms with Crippen molar-refractivity contribution >= 4 is 40.9 Å². The lowest BCUT2D eigenvalue weighted by Crippen LogP contribution is -2.58. The van der Waals surface area contributed by atoms with Crippen LogP contribution in [-0.2, 0) is 9.59 Å². The standard InChI is InChI=1S/C11H13ClN4O2S/c12-7-2-1-3-8(4-7)14-10(18)6-19-11-15-9(17)5-13-16-11/h1-4,11,13,16H,5-6H2,(H,14,18)(H,15,17). The molecule has 2 amide bonds. The van der Waals surface area contributed by atoms with Crippen LogP contribution >= 0.6 is 23.4 Å². The van der Waals surface area contributed by atoms with Crippen LogP contribution in [0.4, 0.5) is 5.69 Å². The molecule has 0 aromatic heterocycles. The van der Waals surface area contributed by atoms with Gasteiger partial charge in [-0.1, -0.05) is 17.7 Å². The Balaban J connectivity index is 1.77. The average Bonchev–Trinajstić information content (AvgIpc) is 2.36. The third-order valence-electron chi connectivity index (χ3n) is 2.26. The number of carbonyl (C=O) groups excluding carboxylic acids is 2. The molecule has 1 aromatic carbocycles. The van der Waals surface area contributed by atoms with Gasteiger partial charge in [-0.15, -0.1) is 11.8 Å². The molecule has 0 bridgehead atoms. The van der Waals surface area contributed by atoms with Gasteiger partial charge in [-0.05, 0) is 18.2 Å². The van der Waals surface area contributed by atoms with Crippen LogP contribution in [-0.4, -0.2) is 29.6 Å². The molecule has 6 nitrogen and oxygen atoms in total. The third kappa shape index (κ3) is 4.71. The molecule has 0 saturated carbocycles. The number of hydrazine groups is 1. The Bertz CT molecular complexity index is 486. The topological polar surface area (TPSA) is 82.3 Å². The van der Waals surface area contributed by atoms with Crippen LogP contribution in [0.25, 0.3) is 0 Å². The van der Waals surface area contributed by atoms with Crippen molar-refractivity contribution in [1.82, 2.24) is 16.2 Å². The van der Waals surface area contributed by atoms with Gasteiger partial charge in [-0.25, -0.2) is 10.9 Å². The van der Waals surface area contributed by atoms with Crippen molar-refractivity contribution in [2.24, 2.45) is 0 Å². The highest BCUT2D eigenvalue weighted by Gasteiger charge is 2.18. The number of anilines is 1. The van der Waals surface area contributed by atoms with E-state index >= 15 is 0 Å². The maximum Gasteiger partial charge on any atom is 0.237 e. The van der Waals surface area contributed by atoms with Gasteiger partial charge in [0.1, 0.15) is 5.50 Å². The van der Waals surface area contributed by atoms with E-state index in [0.717, 1.165) is 0 Å². The molecule has 1 saturated heterocycles. The van der Waals surface area contributed by atoms with E-state index in [4.69, 9.17) is 11.6 Å². The normalized spacial score (nSPS) is 18.8. The molecule has 0 aliphatic carbocycles. The van der Waals surface area contributed by atoms with E-state index in [-0.39, 0.29) is 29.6 Å². The molecule has 19 heavy (non-hydrogen) atoms. The molecule has 1 aliphatic heterocycles. The van der Waals surface area contributed by atoms with Crippen molar-refractivity contribution in [3.63, 3.8) is 0 Å². The molecule has 0 radical (unpaired) electrons. The first-order valence-electron chi connectivity index (χ1n) is 5.58. The monoisotopic (exact) mass is 300 g/mol. The zero-order valence-corrected chi connectivity index (χ0v) is 11.5. The quantitative estimate of drug-likeness (QED) is 0.652. The fourth-order valence-corrected chi connectivity index (χ4v) is 2.42. The van der Waals surface area contributed by atoms with Gasteiger partial charge in [0, 0.05) is 10.7 Å². The summed E-state index contributed by atoms with van der Waals surface area (Å²) >= 11 is 7.10. The van der Waals surface area contributed by atoms with Crippen molar-refractivity contribution in [2.75, 3.05) is 17.6 Å². The van der Waals surface area contributed by atoms with Crippen LogP contribution in [0.15, 0.2) is 24.3 Å². The fraction of sp³-hybridized carbons (Fsp3) is 0.273. The molecule has 0 spiro atoms. The second-order valence-electron chi connectivity index (χ2n) is 3.81. The molecule has 1 heterocycles. The summed E-state index contributed by atoms with van der Waals surface area (Å²) in [6, 6.07) is 6.93. The van der Waals surface area contributed by atoms with Crippen LogP contribution in [0.3, 0.4) is 0 Å². The molecule has 1 aliphatic rings. The third-order valence-corrected chi connectivity index (χ3v) is 3.50. The molecular weight excluding hydrogens is 288 g/mol. The van der Waals surface area contributed by atoms with E-state index < -0.39 is 0 Å². The van der Waals surface area contributed by atoms with Gasteiger partial charge in [0.05, 0.1) is 12.3 Å². The number of hydrogen-bond acceptors (Lipinski definition) is 5. The highest BCUT2D eigenvalue weighted by molar-refractivity contribution is 8.00. The molecule has 1 fully saturated rings. The predicted octanol–water partition coefficient (Wildman–Crippen LogP) is 0.519. The van der Waals surface area contributed by atoms with E-state index in [9.17, 15) is 9.59 Å². The molecular formula is C11H13ClN4O2S. The minimum absolute atomic E-state index is 0.105. The number of amides is 2. The van der Waals surface area contributed by atoms with E-state index in [2.05, 4.69) is 21.5 Å². The zero-order chi connectivity index (χ0) is 13.7. The number of carbonyl (C=O) groups is 2. The van der Waals surface area contributed by atoms with Crippen molar-refractivity contribution in [2.45, 2.75) is 5.50 Å². The van der Waals surface area contributed by atoms with E-state index in [1.165, 1.54) is 11.8 Å². The SMILES string of the molecule is O=C(CSC1NNCC(=O)N1)Nc1cccc(Cl)c1. The van der Waals surface area contributed by atoms with Crippen LogP contribution in [0, 0.1) is 0 Å². The number of halogens is 1. The average molecular weight is 301 g/mol. The largest absolute Gasteiger partial charge is 0.330 e. The molecule has 2 rings (SSSR count). The van der Waals surface area contributed by atoms with Gasteiger partial charge < -0.3 is 10.6 Å². The lowest BCUT2D eigenvalue weighted by molar-refractivity contribution is -0.122. The highest BCUT2D eigenvalue weighted by Crippen LogP contribution is 2.15. The molecule has 1 atom stereocenters. The van der Waals surface area contributed by atoms with Crippen molar-refractivity contribution in [3.05, 3.63) is 29.3 Å². The molecule has 102 valence electrons. The molecule has 4 N–H and O–H groups in total. The molecule has 1 aromatic rings. The van der Waals surface area contributed by atoms with E-state index in [0.29, 0.717) is 10.7 Å². The summed E-state index contributed by atoms with van der Waals surface area (Å²) < 4.78 is 0. The first-order valence-corrected chi connectivity index (χ1v) is 7.01. The summed E-state index contributed by atoms with van der Waals surface area (Å²) in [7, 11) is 0. The lowest BCUT2D eigenvalue weighted by Gasteiger charge is -2.24. The van der Waals surface area contributed by atoms with Crippen LogP contribution in [0.5, 0.6) is 0 Å². The number of nitrogens with one attached hydrogen (secondary N) is 4. The van der Waals surface area contributed by atoms with Crippen molar-refractivity contribution in [3.8, 4) is 0 Å². The van der Waals surface area contributed by atoms with Gasteiger partial charge in [-0.2, -0.15) is 0 Å². The van der Waals surface area contributed by atoms with Crippen molar-refractivity contribution < 1.29 is 9.59 Å². The van der Waals surface area contributed by atoms with Crippen LogP contribution in [0.2, 0.25) is 5.02 Å². The van der Waals surface area contributed by atoms with Gasteiger partial charge in [0.25, 0.3) is 0 Å². The summed E-state index contributed by atoms with van der Waals surface area (Å²) in [5.74, 6) is -0.0491. The number of thioether (sulfide) groups is 1. The minimum atomic E-state index is -0.314. The number of hydrogen-bond donors (Lipinski definition) is 4. The fourth-order valence-electron chi connectivity index (χ4n) is 1.46. The van der Waals surface area contributed by atoms with Crippen LogP contribution in [0.1, 0.15) is 0 Å². The smallest absolute Gasteiger partial charge is 0.237 e. The van der Waals surface area contributed by atoms with E-state index in [1.807, 2.05) is 0 Å². The Morgan fingerprint density at radius 3 is 3.11 bits per heavy atom. The first-order chi connectivity index (χ1) is 9.13. The highest BCUT2D eigenvalue weighted by atomic mass is 35.5. The van der Waals surface area contributed by atoms with Gasteiger partial charge in [0.2, 0.25) is 11.8 Å². The minimum Gasteiger partial charge on any atom is -0.330 e. The van der Waals surface area contributed by atoms with Gasteiger partial charge in [0.15, 0.2) is 0 Å². The lowest BCUT2D eigenvalue weighted by atomic mass is 10.3. The van der Waals surface area contributed by atoms with Crippen LogP contribution < -0.4 is 21.5 Å². The number of benzene rings is 1. The predicted molar refractivity (Wildman–Crippen MR) is 75.6 cm³/mol. The molecule has 1 unspecified atom stereocenters. The van der Waals surface area contributed by atoms with Crippen molar-refractivity contribution in [1.29, 1.82) is 0 Å². The Kier molecular flexibility index (Phi) is 5.03. The van der Waals surface area contributed by atoms with Gasteiger partial charge in [-0.3, -0.25) is 9.59 Å². The Labute approximate surface area is 119 Å². The summed E-state index contributed by atoms with van der Waals surface area (Å²) in [6.45, 7) is 0.228. The Hall–Kier alpha value is -1.28. The first kappa shape index (κ1) is 14.1. The molecule has 8 heteroatoms. The summed E-state index contributed by atoms with van der Waals surface area (Å²) in [5.41, 5.74) is 5.93. The summed E-state index contributed by atoms with van der Waals surface area (Å²) in [4.78, 5) is 22.8. The Morgan fingerprint density at radius 2 is 2.37 bits per heavy atom. The maximum absolute atomic E-state index is 11.7. The second-order valence-corrected chi connectivity index (χ2v) is 5.34. The Morgan fingerprint density at radius 1 is 1.53 bits per heavy atom. The number of rotatable bonds is 4. The zero-order valence-electron chi connectivity index (χ0n) is 9.90.